The molecule has 0 aromatic carbocycles. The molecule has 1 aromatic heterocycles. The Hall–Kier alpha value is -2.60. The Labute approximate surface area is 242 Å². The highest BCUT2D eigenvalue weighted by molar-refractivity contribution is 7.98. The van der Waals surface area contributed by atoms with E-state index in [4.69, 9.17) is 9.72 Å². The van der Waals surface area contributed by atoms with Gasteiger partial charge in [-0.3, -0.25) is 9.59 Å². The van der Waals surface area contributed by atoms with E-state index in [1.54, 1.807) is 27.8 Å². The second kappa shape index (κ2) is 14.3. The van der Waals surface area contributed by atoms with Gasteiger partial charge in [0.25, 0.3) is 5.91 Å². The van der Waals surface area contributed by atoms with E-state index in [-0.39, 0.29) is 36.2 Å². The number of piperidine rings is 1. The molecule has 0 saturated carbocycles. The fraction of sp³-hybridized carbons (Fsp3) is 0.750. The molecular weight excluding hydrogens is 532 g/mol. The van der Waals surface area contributed by atoms with Gasteiger partial charge in [0.05, 0.1) is 25.2 Å². The van der Waals surface area contributed by atoms with Crippen molar-refractivity contribution >= 4 is 35.5 Å². The third-order valence-electron chi connectivity index (χ3n) is 7.14. The van der Waals surface area contributed by atoms with Crippen LogP contribution in [0.25, 0.3) is 0 Å². The smallest absolute Gasteiger partial charge is 0.407 e. The first kappa shape index (κ1) is 31.9. The minimum absolute atomic E-state index is 0.0785. The second-order valence-corrected chi connectivity index (χ2v) is 13.0. The van der Waals surface area contributed by atoms with Crippen molar-refractivity contribution in [3.05, 3.63) is 17.6 Å². The van der Waals surface area contributed by atoms with Crippen LogP contribution in [0.4, 0.5) is 10.6 Å². The van der Waals surface area contributed by atoms with Crippen molar-refractivity contribution in [1.29, 1.82) is 0 Å². The molecule has 0 bridgehead atoms. The Morgan fingerprint density at radius 3 is 2.50 bits per heavy atom. The molecule has 0 spiro atoms. The van der Waals surface area contributed by atoms with Crippen molar-refractivity contribution in [2.75, 3.05) is 69.8 Å². The van der Waals surface area contributed by atoms with E-state index in [2.05, 4.69) is 16.6 Å². The first-order valence-electron chi connectivity index (χ1n) is 14.2. The fourth-order valence-electron chi connectivity index (χ4n) is 5.08. The predicted molar refractivity (Wildman–Crippen MR) is 157 cm³/mol. The van der Waals surface area contributed by atoms with E-state index < -0.39 is 18.1 Å². The van der Waals surface area contributed by atoms with Crippen molar-refractivity contribution in [1.82, 2.24) is 24.7 Å². The number of rotatable bonds is 10. The zero-order valence-electron chi connectivity index (χ0n) is 24.8. The van der Waals surface area contributed by atoms with Crippen LogP contribution in [0.1, 0.15) is 63.6 Å². The van der Waals surface area contributed by atoms with Crippen LogP contribution in [0, 0.1) is 11.8 Å². The zero-order valence-corrected chi connectivity index (χ0v) is 25.6. The number of ether oxygens (including phenoxy) is 1. The van der Waals surface area contributed by atoms with Gasteiger partial charge < -0.3 is 29.9 Å². The van der Waals surface area contributed by atoms with E-state index >= 15 is 0 Å². The number of carbonyl (C=O) groups is 3. The van der Waals surface area contributed by atoms with Gasteiger partial charge in [0.2, 0.25) is 5.91 Å². The molecule has 2 saturated heterocycles. The number of likely N-dealkylation sites (tertiary alicyclic amines) is 1. The quantitative estimate of drug-likeness (QED) is 0.402. The van der Waals surface area contributed by atoms with Gasteiger partial charge in [-0.2, -0.15) is 11.8 Å². The number of carboxylic acid groups (broad SMARTS) is 1. The Morgan fingerprint density at radius 1 is 1.20 bits per heavy atom. The molecule has 3 rings (SSSR count). The third kappa shape index (κ3) is 8.45. The van der Waals surface area contributed by atoms with E-state index in [9.17, 15) is 19.5 Å². The van der Waals surface area contributed by atoms with Crippen LogP contribution in [-0.4, -0.2) is 118 Å². The Morgan fingerprint density at radius 2 is 1.90 bits per heavy atom. The normalized spacial score (nSPS) is 20.0. The molecule has 3 amide bonds. The van der Waals surface area contributed by atoms with Crippen molar-refractivity contribution in [2.24, 2.45) is 11.8 Å². The highest BCUT2D eigenvalue weighted by Gasteiger charge is 2.40. The minimum atomic E-state index is -1.09. The average Bonchev–Trinajstić information content (AvgIpc) is 2.92. The monoisotopic (exact) mass is 578 g/mol. The number of morpholine rings is 1. The Bertz CT molecular complexity index is 1030. The molecule has 40 heavy (non-hydrogen) atoms. The standard InChI is InChI=1S/C28H46N6O5S/c1-19(2)16-34(21-14-20(17-33(18-21)27(37)38)24(35)32-9-11-39-12-10-32)25(36)22-15-30-26(28(3,4)5)31-23(22)29-8-7-13-40-6/h15,19-21H,7-14,16-18H2,1-6H3,(H,37,38)(H,29,30,31)/t20-,21+/m1/s1. The molecule has 2 aliphatic rings. The molecule has 3 heterocycles. The van der Waals surface area contributed by atoms with Crippen LogP contribution in [0.5, 0.6) is 0 Å². The topological polar surface area (TPSA) is 128 Å². The molecule has 11 nitrogen and oxygen atoms in total. The average molecular weight is 579 g/mol. The van der Waals surface area contributed by atoms with Crippen LogP contribution in [0.2, 0.25) is 0 Å². The van der Waals surface area contributed by atoms with E-state index in [1.807, 2.05) is 34.6 Å². The highest BCUT2D eigenvalue weighted by Crippen LogP contribution is 2.28. The summed E-state index contributed by atoms with van der Waals surface area (Å²) in [7, 11) is 0. The Balaban J connectivity index is 1.94. The first-order valence-corrected chi connectivity index (χ1v) is 15.6. The lowest BCUT2D eigenvalue weighted by molar-refractivity contribution is -0.142. The van der Waals surface area contributed by atoms with Gasteiger partial charge in [-0.05, 0) is 30.8 Å². The molecule has 0 radical (unpaired) electrons. The van der Waals surface area contributed by atoms with Crippen LogP contribution in [-0.2, 0) is 14.9 Å². The summed E-state index contributed by atoms with van der Waals surface area (Å²) < 4.78 is 5.39. The number of hydrogen-bond donors (Lipinski definition) is 2. The largest absolute Gasteiger partial charge is 0.465 e. The summed E-state index contributed by atoms with van der Waals surface area (Å²) in [5.74, 6) is 1.38. The van der Waals surface area contributed by atoms with E-state index in [0.29, 0.717) is 63.0 Å². The maximum absolute atomic E-state index is 14.2. The van der Waals surface area contributed by atoms with Gasteiger partial charge in [0.15, 0.2) is 0 Å². The summed E-state index contributed by atoms with van der Waals surface area (Å²) in [6, 6.07) is -0.457. The number of nitrogens with one attached hydrogen (secondary N) is 1. The Kier molecular flexibility index (Phi) is 11.4. The van der Waals surface area contributed by atoms with Crippen molar-refractivity contribution < 1.29 is 24.2 Å². The van der Waals surface area contributed by atoms with Gasteiger partial charge in [-0.15, -0.1) is 0 Å². The van der Waals surface area contributed by atoms with Crippen molar-refractivity contribution in [2.45, 2.75) is 58.9 Å². The van der Waals surface area contributed by atoms with Crippen LogP contribution < -0.4 is 5.32 Å². The van der Waals surface area contributed by atoms with Crippen LogP contribution in [0.3, 0.4) is 0 Å². The maximum Gasteiger partial charge on any atom is 0.407 e. The fourth-order valence-corrected chi connectivity index (χ4v) is 5.51. The van der Waals surface area contributed by atoms with Gasteiger partial charge in [-0.1, -0.05) is 34.6 Å². The summed E-state index contributed by atoms with van der Waals surface area (Å²) in [5, 5.41) is 13.3. The molecule has 2 N–H and O–H groups in total. The third-order valence-corrected chi connectivity index (χ3v) is 7.84. The van der Waals surface area contributed by atoms with E-state index in [0.717, 1.165) is 12.2 Å². The zero-order chi connectivity index (χ0) is 29.4. The lowest BCUT2D eigenvalue weighted by Gasteiger charge is -2.43. The summed E-state index contributed by atoms with van der Waals surface area (Å²) in [6.07, 6.45) is 3.88. The number of nitrogens with zero attached hydrogens (tertiary/aromatic N) is 5. The molecule has 12 heteroatoms. The molecule has 2 atom stereocenters. The predicted octanol–water partition coefficient (Wildman–Crippen LogP) is 3.26. The van der Waals surface area contributed by atoms with Crippen LogP contribution in [0.15, 0.2) is 6.20 Å². The lowest BCUT2D eigenvalue weighted by atomic mass is 9.91. The van der Waals surface area contributed by atoms with E-state index in [1.165, 1.54) is 4.90 Å². The molecule has 0 unspecified atom stereocenters. The number of aromatic nitrogens is 2. The van der Waals surface area contributed by atoms with Crippen molar-refractivity contribution in [3.8, 4) is 0 Å². The molecule has 224 valence electrons. The first-order chi connectivity index (χ1) is 18.9. The van der Waals surface area contributed by atoms with Gasteiger partial charge in [0, 0.05) is 50.9 Å². The lowest BCUT2D eigenvalue weighted by Crippen LogP contribution is -2.58. The van der Waals surface area contributed by atoms with Crippen molar-refractivity contribution in [3.63, 3.8) is 0 Å². The molecule has 0 aliphatic carbocycles. The van der Waals surface area contributed by atoms with Gasteiger partial charge in [-0.25, -0.2) is 14.8 Å². The number of hydrogen-bond acceptors (Lipinski definition) is 8. The maximum atomic E-state index is 14.2. The number of thioether (sulfide) groups is 1. The SMILES string of the molecule is CSCCCNc1nc(C(C)(C)C)ncc1C(=O)N(CC(C)C)[C@H]1C[C@@H](C(=O)N2CCOCC2)CN(C(=O)O)C1. The minimum Gasteiger partial charge on any atom is -0.465 e. The second-order valence-electron chi connectivity index (χ2n) is 12.0. The molecule has 1 aromatic rings. The number of amides is 3. The van der Waals surface area contributed by atoms with Crippen LogP contribution >= 0.6 is 11.8 Å². The summed E-state index contributed by atoms with van der Waals surface area (Å²) >= 11 is 1.76. The summed E-state index contributed by atoms with van der Waals surface area (Å²) in [5.41, 5.74) is 0.0640. The molecular formula is C28H46N6O5S. The molecule has 2 fully saturated rings. The number of anilines is 1. The molecule has 2 aliphatic heterocycles. The number of carbonyl (C=O) groups excluding carboxylic acids is 2. The van der Waals surface area contributed by atoms with Gasteiger partial charge in [0.1, 0.15) is 17.2 Å². The summed E-state index contributed by atoms with van der Waals surface area (Å²) in [6.45, 7) is 13.4. The highest BCUT2D eigenvalue weighted by atomic mass is 32.2. The van der Waals surface area contributed by atoms with Gasteiger partial charge >= 0.3 is 6.09 Å². The summed E-state index contributed by atoms with van der Waals surface area (Å²) in [4.78, 5) is 53.9.